The molecule has 20 heavy (non-hydrogen) atoms. The van der Waals surface area contributed by atoms with Gasteiger partial charge in [0.2, 0.25) is 11.8 Å². The van der Waals surface area contributed by atoms with Crippen molar-refractivity contribution >= 4 is 23.4 Å². The summed E-state index contributed by atoms with van der Waals surface area (Å²) in [5, 5.41) is 2.20. The maximum atomic E-state index is 12.5. The standard InChI is InChI=1S/C14H17N3O3/c1-7-4-8(2)11(15)5-10(7)14(20)17-6-12(18)16-13(19)9(17)3/h4-5,9H,6,15H2,1-3H3,(H,16,18,19). The van der Waals surface area contributed by atoms with E-state index in [0.29, 0.717) is 11.3 Å². The minimum absolute atomic E-state index is 0.126. The van der Waals surface area contributed by atoms with Crippen molar-refractivity contribution in [2.24, 2.45) is 0 Å². The molecular weight excluding hydrogens is 258 g/mol. The molecule has 6 heteroatoms. The number of rotatable bonds is 1. The molecular formula is C14H17N3O3. The number of nitrogen functional groups attached to an aromatic ring is 1. The molecule has 1 aromatic carbocycles. The zero-order chi connectivity index (χ0) is 15.0. The minimum atomic E-state index is -0.679. The van der Waals surface area contributed by atoms with Crippen LogP contribution < -0.4 is 11.1 Å². The zero-order valence-corrected chi connectivity index (χ0v) is 11.7. The van der Waals surface area contributed by atoms with Gasteiger partial charge in [0.05, 0.1) is 0 Å². The fourth-order valence-corrected chi connectivity index (χ4v) is 2.22. The van der Waals surface area contributed by atoms with Gasteiger partial charge in [0.1, 0.15) is 12.6 Å². The molecule has 1 unspecified atom stereocenters. The average Bonchev–Trinajstić information content (AvgIpc) is 2.37. The van der Waals surface area contributed by atoms with Crippen molar-refractivity contribution < 1.29 is 14.4 Å². The lowest BCUT2D eigenvalue weighted by Gasteiger charge is -2.32. The number of hydrogen-bond acceptors (Lipinski definition) is 4. The smallest absolute Gasteiger partial charge is 0.255 e. The highest BCUT2D eigenvalue weighted by atomic mass is 16.2. The summed E-state index contributed by atoms with van der Waals surface area (Å²) in [5.41, 5.74) is 8.42. The summed E-state index contributed by atoms with van der Waals surface area (Å²) in [6.07, 6.45) is 0. The molecule has 1 saturated heterocycles. The first-order valence-corrected chi connectivity index (χ1v) is 6.32. The van der Waals surface area contributed by atoms with Gasteiger partial charge in [-0.2, -0.15) is 0 Å². The van der Waals surface area contributed by atoms with Crippen LogP contribution >= 0.6 is 0 Å². The van der Waals surface area contributed by atoms with Crippen LogP contribution in [0.15, 0.2) is 12.1 Å². The topological polar surface area (TPSA) is 92.5 Å². The van der Waals surface area contributed by atoms with Crippen molar-refractivity contribution in [1.82, 2.24) is 10.2 Å². The van der Waals surface area contributed by atoms with E-state index in [4.69, 9.17) is 5.73 Å². The van der Waals surface area contributed by atoms with Crippen LogP contribution in [0.5, 0.6) is 0 Å². The summed E-state index contributed by atoms with van der Waals surface area (Å²) in [4.78, 5) is 36.8. The van der Waals surface area contributed by atoms with E-state index >= 15 is 0 Å². The molecule has 0 aromatic heterocycles. The predicted octanol–water partition coefficient (Wildman–Crippen LogP) is 0.373. The number of aryl methyl sites for hydroxylation is 2. The van der Waals surface area contributed by atoms with Gasteiger partial charge in [-0.25, -0.2) is 0 Å². The monoisotopic (exact) mass is 275 g/mol. The number of piperazine rings is 1. The predicted molar refractivity (Wildman–Crippen MR) is 74.0 cm³/mol. The van der Waals surface area contributed by atoms with Gasteiger partial charge >= 0.3 is 0 Å². The number of nitrogens with two attached hydrogens (primary N) is 1. The van der Waals surface area contributed by atoms with Gasteiger partial charge < -0.3 is 10.6 Å². The fourth-order valence-electron chi connectivity index (χ4n) is 2.22. The lowest BCUT2D eigenvalue weighted by atomic mass is 10.0. The molecule has 106 valence electrons. The Hall–Kier alpha value is -2.37. The average molecular weight is 275 g/mol. The molecule has 0 radical (unpaired) electrons. The molecule has 0 spiro atoms. The molecule has 1 fully saturated rings. The molecule has 0 aliphatic carbocycles. The Kier molecular flexibility index (Phi) is 3.48. The second-order valence-corrected chi connectivity index (χ2v) is 5.05. The highest BCUT2D eigenvalue weighted by Gasteiger charge is 2.34. The van der Waals surface area contributed by atoms with Crippen molar-refractivity contribution in [3.63, 3.8) is 0 Å². The van der Waals surface area contributed by atoms with Crippen molar-refractivity contribution in [3.8, 4) is 0 Å². The van der Waals surface area contributed by atoms with Crippen molar-refractivity contribution in [2.75, 3.05) is 12.3 Å². The number of amides is 3. The summed E-state index contributed by atoms with van der Waals surface area (Å²) < 4.78 is 0. The third kappa shape index (κ3) is 2.36. The van der Waals surface area contributed by atoms with E-state index in [-0.39, 0.29) is 12.5 Å². The summed E-state index contributed by atoms with van der Waals surface area (Å²) in [6.45, 7) is 5.12. The lowest BCUT2D eigenvalue weighted by molar-refractivity contribution is -0.138. The molecule has 2 rings (SSSR count). The Morgan fingerprint density at radius 2 is 1.95 bits per heavy atom. The number of carbonyl (C=O) groups excluding carboxylic acids is 3. The number of nitrogens with zero attached hydrogens (tertiary/aromatic N) is 1. The molecule has 3 N–H and O–H groups in total. The minimum Gasteiger partial charge on any atom is -0.398 e. The molecule has 1 aromatic rings. The van der Waals surface area contributed by atoms with Gasteiger partial charge in [-0.1, -0.05) is 6.07 Å². The first-order chi connectivity index (χ1) is 9.31. The SMILES string of the molecule is Cc1cc(C)c(C(=O)N2CC(=O)NC(=O)C2C)cc1N. The molecule has 1 aliphatic rings. The van der Waals surface area contributed by atoms with Crippen LogP contribution in [0.1, 0.15) is 28.4 Å². The van der Waals surface area contributed by atoms with Gasteiger partial charge in [-0.3, -0.25) is 19.7 Å². The summed E-state index contributed by atoms with van der Waals surface area (Å²) in [7, 11) is 0. The second kappa shape index (κ2) is 4.96. The molecule has 1 aliphatic heterocycles. The van der Waals surface area contributed by atoms with Gasteiger partial charge in [0.25, 0.3) is 5.91 Å². The van der Waals surface area contributed by atoms with E-state index in [2.05, 4.69) is 5.32 Å². The van der Waals surface area contributed by atoms with Crippen LogP contribution in [-0.4, -0.2) is 35.2 Å². The molecule has 1 heterocycles. The normalized spacial score (nSPS) is 18.9. The number of hydrogen-bond donors (Lipinski definition) is 2. The van der Waals surface area contributed by atoms with Gasteiger partial charge in [0, 0.05) is 11.3 Å². The zero-order valence-electron chi connectivity index (χ0n) is 11.7. The molecule has 3 amide bonds. The Bertz CT molecular complexity index is 610. The Balaban J connectivity index is 2.38. The van der Waals surface area contributed by atoms with E-state index in [1.54, 1.807) is 19.9 Å². The van der Waals surface area contributed by atoms with Crippen LogP contribution in [-0.2, 0) is 9.59 Å². The largest absolute Gasteiger partial charge is 0.398 e. The molecule has 6 nitrogen and oxygen atoms in total. The fraction of sp³-hybridized carbons (Fsp3) is 0.357. The van der Waals surface area contributed by atoms with Crippen molar-refractivity contribution in [2.45, 2.75) is 26.8 Å². The van der Waals surface area contributed by atoms with E-state index in [9.17, 15) is 14.4 Å². The third-order valence-electron chi connectivity index (χ3n) is 3.53. The van der Waals surface area contributed by atoms with Crippen LogP contribution in [0.3, 0.4) is 0 Å². The first-order valence-electron chi connectivity index (χ1n) is 6.32. The lowest BCUT2D eigenvalue weighted by Crippen LogP contribution is -2.58. The van der Waals surface area contributed by atoms with E-state index in [1.165, 1.54) is 4.90 Å². The van der Waals surface area contributed by atoms with E-state index in [1.807, 2.05) is 13.0 Å². The highest BCUT2D eigenvalue weighted by molar-refractivity contribution is 6.07. The highest BCUT2D eigenvalue weighted by Crippen LogP contribution is 2.21. The molecule has 0 saturated carbocycles. The van der Waals surface area contributed by atoms with Crippen molar-refractivity contribution in [1.29, 1.82) is 0 Å². The van der Waals surface area contributed by atoms with Crippen LogP contribution in [0, 0.1) is 13.8 Å². The molecule has 1 atom stereocenters. The van der Waals surface area contributed by atoms with Gasteiger partial charge in [-0.15, -0.1) is 0 Å². The number of benzene rings is 1. The molecule has 0 bridgehead atoms. The number of carbonyl (C=O) groups is 3. The number of imide groups is 1. The van der Waals surface area contributed by atoms with E-state index < -0.39 is 17.9 Å². The third-order valence-corrected chi connectivity index (χ3v) is 3.53. The maximum absolute atomic E-state index is 12.5. The first kappa shape index (κ1) is 14.0. The Morgan fingerprint density at radius 3 is 2.60 bits per heavy atom. The maximum Gasteiger partial charge on any atom is 0.255 e. The van der Waals surface area contributed by atoms with Gasteiger partial charge in [0.15, 0.2) is 0 Å². The summed E-state index contributed by atoms with van der Waals surface area (Å²) in [5.74, 6) is -1.29. The van der Waals surface area contributed by atoms with Crippen LogP contribution in [0.2, 0.25) is 0 Å². The van der Waals surface area contributed by atoms with Gasteiger partial charge in [-0.05, 0) is 38.0 Å². The number of nitrogens with one attached hydrogen (secondary N) is 1. The number of anilines is 1. The second-order valence-electron chi connectivity index (χ2n) is 5.05. The summed E-state index contributed by atoms with van der Waals surface area (Å²) >= 11 is 0. The quantitative estimate of drug-likeness (QED) is 0.572. The van der Waals surface area contributed by atoms with Crippen LogP contribution in [0.4, 0.5) is 5.69 Å². The Labute approximate surface area is 116 Å². The van der Waals surface area contributed by atoms with Crippen molar-refractivity contribution in [3.05, 3.63) is 28.8 Å². The Morgan fingerprint density at radius 1 is 1.30 bits per heavy atom. The van der Waals surface area contributed by atoms with Crippen LogP contribution in [0.25, 0.3) is 0 Å². The van der Waals surface area contributed by atoms with E-state index in [0.717, 1.165) is 11.1 Å². The summed E-state index contributed by atoms with van der Waals surface area (Å²) in [6, 6.07) is 2.73.